The summed E-state index contributed by atoms with van der Waals surface area (Å²) in [6.07, 6.45) is -0.0190. The Hall–Kier alpha value is -1.69. The molecule has 4 nitrogen and oxygen atoms in total. The lowest BCUT2D eigenvalue weighted by atomic mass is 10.1. The van der Waals surface area contributed by atoms with E-state index in [1.54, 1.807) is 0 Å². The van der Waals surface area contributed by atoms with Gasteiger partial charge in [-0.05, 0) is 31.0 Å². The maximum Gasteiger partial charge on any atom is 0.287 e. The largest absolute Gasteiger partial charge is 0.493 e. The summed E-state index contributed by atoms with van der Waals surface area (Å²) in [5, 5.41) is 10.4. The van der Waals surface area contributed by atoms with E-state index in [1.807, 2.05) is 32.0 Å². The number of amides is 1. The van der Waals surface area contributed by atoms with Crippen molar-refractivity contribution in [3.8, 4) is 5.75 Å². The lowest BCUT2D eigenvalue weighted by Crippen LogP contribution is -2.39. The number of hydrogen-bond donors (Lipinski definition) is 2. The molecule has 0 fully saturated rings. The lowest BCUT2D eigenvalue weighted by Gasteiger charge is -2.14. The van der Waals surface area contributed by atoms with Crippen molar-refractivity contribution >= 4 is 5.91 Å². The van der Waals surface area contributed by atoms with Gasteiger partial charge in [-0.15, -0.1) is 0 Å². The van der Waals surface area contributed by atoms with Crippen LogP contribution in [0.2, 0.25) is 0 Å². The molecule has 0 spiro atoms. The van der Waals surface area contributed by atoms with Gasteiger partial charge in [0.05, 0.1) is 19.6 Å². The number of halogens is 2. The molecule has 0 radical (unpaired) electrons. The van der Waals surface area contributed by atoms with Gasteiger partial charge in [-0.25, -0.2) is 8.78 Å². The molecule has 1 aromatic rings. The number of carbonyl (C=O) groups is 1. The van der Waals surface area contributed by atoms with Gasteiger partial charge in [-0.3, -0.25) is 4.79 Å². The van der Waals surface area contributed by atoms with Crippen LogP contribution in [0.5, 0.6) is 5.75 Å². The highest BCUT2D eigenvalue weighted by Gasteiger charge is 2.27. The van der Waals surface area contributed by atoms with Crippen molar-refractivity contribution in [2.45, 2.75) is 26.2 Å². The van der Waals surface area contributed by atoms with Crippen LogP contribution in [0.15, 0.2) is 18.2 Å². The monoisotopic (exact) mass is 287 g/mol. The highest BCUT2D eigenvalue weighted by Crippen LogP contribution is 2.19. The third-order valence-corrected chi connectivity index (χ3v) is 2.71. The number of carbonyl (C=O) groups excluding carboxylic acids is 1. The van der Waals surface area contributed by atoms with Gasteiger partial charge in [-0.2, -0.15) is 0 Å². The van der Waals surface area contributed by atoms with Crippen molar-refractivity contribution < 1.29 is 23.4 Å². The molecule has 0 atom stereocenters. The number of rotatable bonds is 7. The summed E-state index contributed by atoms with van der Waals surface area (Å²) in [5.41, 5.74) is 1.99. The van der Waals surface area contributed by atoms with Crippen molar-refractivity contribution in [1.29, 1.82) is 0 Å². The molecule has 1 amide bonds. The van der Waals surface area contributed by atoms with E-state index in [4.69, 9.17) is 9.84 Å². The van der Waals surface area contributed by atoms with Crippen molar-refractivity contribution in [3.05, 3.63) is 29.3 Å². The summed E-state index contributed by atoms with van der Waals surface area (Å²) in [4.78, 5) is 11.3. The Balaban J connectivity index is 2.33. The zero-order valence-electron chi connectivity index (χ0n) is 11.6. The van der Waals surface area contributed by atoms with Crippen LogP contribution < -0.4 is 10.1 Å². The third kappa shape index (κ3) is 5.52. The van der Waals surface area contributed by atoms with Crippen molar-refractivity contribution in [3.63, 3.8) is 0 Å². The Labute approximate surface area is 116 Å². The predicted molar refractivity (Wildman–Crippen MR) is 71.1 cm³/mol. The van der Waals surface area contributed by atoms with E-state index in [1.165, 1.54) is 0 Å². The van der Waals surface area contributed by atoms with Crippen LogP contribution >= 0.6 is 0 Å². The number of aliphatic hydroxyl groups excluding tert-OH is 1. The smallest absolute Gasteiger partial charge is 0.287 e. The van der Waals surface area contributed by atoms with Gasteiger partial charge >= 0.3 is 0 Å². The first kappa shape index (κ1) is 16.4. The highest BCUT2D eigenvalue weighted by molar-refractivity contribution is 5.76. The number of aryl methyl sites for hydroxylation is 2. The van der Waals surface area contributed by atoms with Crippen LogP contribution in [-0.2, 0) is 4.79 Å². The summed E-state index contributed by atoms with van der Waals surface area (Å²) in [7, 11) is 0. The predicted octanol–water partition coefficient (Wildman–Crippen LogP) is 1.82. The number of alkyl halides is 2. The first-order valence-electron chi connectivity index (χ1n) is 6.29. The van der Waals surface area contributed by atoms with Gasteiger partial charge in [-0.1, -0.05) is 12.1 Å². The minimum absolute atomic E-state index is 0.0190. The van der Waals surface area contributed by atoms with Crippen molar-refractivity contribution in [2.24, 2.45) is 0 Å². The van der Waals surface area contributed by atoms with E-state index in [2.05, 4.69) is 5.32 Å². The third-order valence-electron chi connectivity index (χ3n) is 2.71. The molecule has 0 aromatic heterocycles. The maximum absolute atomic E-state index is 12.7. The van der Waals surface area contributed by atoms with E-state index in [0.717, 1.165) is 11.1 Å². The topological polar surface area (TPSA) is 58.6 Å². The molecule has 0 aliphatic carbocycles. The normalized spacial score (nSPS) is 11.2. The molecular weight excluding hydrogens is 268 g/mol. The number of hydrogen-bond acceptors (Lipinski definition) is 3. The lowest BCUT2D eigenvalue weighted by molar-refractivity contribution is -0.124. The van der Waals surface area contributed by atoms with Crippen LogP contribution in [0.3, 0.4) is 0 Å². The summed E-state index contributed by atoms with van der Waals surface area (Å²) in [6, 6.07) is 5.71. The van der Waals surface area contributed by atoms with E-state index >= 15 is 0 Å². The fraction of sp³-hybridized carbons (Fsp3) is 0.500. The van der Waals surface area contributed by atoms with Crippen LogP contribution in [-0.4, -0.2) is 36.7 Å². The van der Waals surface area contributed by atoms with Gasteiger partial charge in [0.2, 0.25) is 5.91 Å². The molecule has 112 valence electrons. The second-order valence-electron chi connectivity index (χ2n) is 4.66. The van der Waals surface area contributed by atoms with E-state index in [-0.39, 0.29) is 13.0 Å². The first-order valence-corrected chi connectivity index (χ1v) is 6.29. The SMILES string of the molecule is Cc1ccc(C)c(OCCC(=O)NCC(F)(F)CO)c1. The average Bonchev–Trinajstić information content (AvgIpc) is 2.40. The molecule has 0 saturated carbocycles. The Morgan fingerprint density at radius 3 is 2.75 bits per heavy atom. The first-order chi connectivity index (χ1) is 9.34. The number of aliphatic hydroxyl groups is 1. The molecule has 0 unspecified atom stereocenters. The van der Waals surface area contributed by atoms with Gasteiger partial charge < -0.3 is 15.2 Å². The molecular formula is C14H19F2NO3. The Bertz CT molecular complexity index is 464. The van der Waals surface area contributed by atoms with Crippen LogP contribution in [0.25, 0.3) is 0 Å². The molecule has 0 aliphatic rings. The zero-order valence-corrected chi connectivity index (χ0v) is 11.6. The maximum atomic E-state index is 12.7. The minimum atomic E-state index is -3.29. The van der Waals surface area contributed by atoms with Crippen LogP contribution in [0.1, 0.15) is 17.5 Å². The van der Waals surface area contributed by atoms with E-state index < -0.39 is 25.0 Å². The molecule has 0 heterocycles. The standard InChI is InChI=1S/C14H19F2NO3/c1-10-3-4-11(2)12(7-10)20-6-5-13(19)17-8-14(15,16)9-18/h3-4,7,18H,5-6,8-9H2,1-2H3,(H,17,19). The molecule has 0 aliphatic heterocycles. The molecule has 6 heteroatoms. The Morgan fingerprint density at radius 2 is 2.10 bits per heavy atom. The second-order valence-corrected chi connectivity index (χ2v) is 4.66. The van der Waals surface area contributed by atoms with Crippen molar-refractivity contribution in [1.82, 2.24) is 5.32 Å². The molecule has 0 bridgehead atoms. The average molecular weight is 287 g/mol. The summed E-state index contributed by atoms with van der Waals surface area (Å²) in [5.74, 6) is -3.15. The number of ether oxygens (including phenoxy) is 1. The Kier molecular flexibility index (Phi) is 5.88. The molecule has 20 heavy (non-hydrogen) atoms. The second kappa shape index (κ2) is 7.19. The highest BCUT2D eigenvalue weighted by atomic mass is 19.3. The molecule has 0 saturated heterocycles. The van der Waals surface area contributed by atoms with Gasteiger partial charge in [0.1, 0.15) is 12.4 Å². The molecule has 2 N–H and O–H groups in total. The van der Waals surface area contributed by atoms with E-state index in [9.17, 15) is 13.6 Å². The van der Waals surface area contributed by atoms with Gasteiger partial charge in [0.15, 0.2) is 0 Å². The zero-order chi connectivity index (χ0) is 15.2. The van der Waals surface area contributed by atoms with Crippen LogP contribution in [0.4, 0.5) is 8.78 Å². The molecule has 1 rings (SSSR count). The minimum Gasteiger partial charge on any atom is -0.493 e. The van der Waals surface area contributed by atoms with Crippen LogP contribution in [0, 0.1) is 13.8 Å². The van der Waals surface area contributed by atoms with Crippen molar-refractivity contribution in [2.75, 3.05) is 19.8 Å². The Morgan fingerprint density at radius 1 is 1.40 bits per heavy atom. The summed E-state index contributed by atoms with van der Waals surface area (Å²) >= 11 is 0. The number of benzene rings is 1. The quantitative estimate of drug-likeness (QED) is 0.804. The summed E-state index contributed by atoms with van der Waals surface area (Å²) in [6.45, 7) is 1.77. The fourth-order valence-electron chi connectivity index (χ4n) is 1.49. The summed E-state index contributed by atoms with van der Waals surface area (Å²) < 4.78 is 30.9. The van der Waals surface area contributed by atoms with E-state index in [0.29, 0.717) is 5.75 Å². The van der Waals surface area contributed by atoms with Gasteiger partial charge in [0, 0.05) is 0 Å². The molecule has 1 aromatic carbocycles. The number of nitrogens with one attached hydrogen (secondary N) is 1. The van der Waals surface area contributed by atoms with Gasteiger partial charge in [0.25, 0.3) is 5.92 Å². The fourth-order valence-corrected chi connectivity index (χ4v) is 1.49.